The van der Waals surface area contributed by atoms with Crippen LogP contribution in [0.2, 0.25) is 0 Å². The summed E-state index contributed by atoms with van der Waals surface area (Å²) in [5, 5.41) is 0. The van der Waals surface area contributed by atoms with E-state index >= 15 is 0 Å². The summed E-state index contributed by atoms with van der Waals surface area (Å²) in [4.78, 5) is 10.7. The molecule has 54 valence electrons. The third-order valence-corrected chi connectivity index (χ3v) is 2.16. The van der Waals surface area contributed by atoms with Crippen molar-refractivity contribution < 1.29 is 9.53 Å². The zero-order valence-electron chi connectivity index (χ0n) is 5.42. The third-order valence-electron chi connectivity index (χ3n) is 0.933. The van der Waals surface area contributed by atoms with Gasteiger partial charge in [0, 0.05) is 5.75 Å². The van der Waals surface area contributed by atoms with Gasteiger partial charge in [0.25, 0.3) is 0 Å². The number of esters is 1. The minimum absolute atomic E-state index is 0.346. The highest BCUT2D eigenvalue weighted by atomic mass is 32.1. The summed E-state index contributed by atoms with van der Waals surface area (Å²) in [6.07, 6.45) is 0. The Morgan fingerprint density at radius 2 is 2.22 bits per heavy atom. The number of rotatable bonds is 2. The van der Waals surface area contributed by atoms with Crippen LogP contribution in [0, 0.1) is 0 Å². The van der Waals surface area contributed by atoms with E-state index < -0.39 is 4.75 Å². The predicted octanol–water partition coefficient (Wildman–Crippen LogP) is 0.778. The Balaban J connectivity index is 3.97. The first kappa shape index (κ1) is 9.17. The van der Waals surface area contributed by atoms with Crippen LogP contribution in [-0.4, -0.2) is 23.6 Å². The van der Waals surface area contributed by atoms with Crippen molar-refractivity contribution in [2.75, 3.05) is 12.9 Å². The first-order valence-corrected chi connectivity index (χ1v) is 3.54. The molecule has 1 unspecified atom stereocenters. The molecule has 0 saturated carbocycles. The Hall–Kier alpha value is 0.170. The quantitative estimate of drug-likeness (QED) is 0.468. The average molecular weight is 166 g/mol. The Morgan fingerprint density at radius 1 is 1.78 bits per heavy atom. The van der Waals surface area contributed by atoms with Crippen LogP contribution in [0.3, 0.4) is 0 Å². The highest BCUT2D eigenvalue weighted by Crippen LogP contribution is 2.16. The van der Waals surface area contributed by atoms with Crippen molar-refractivity contribution in [1.29, 1.82) is 0 Å². The molecular weight excluding hydrogens is 156 g/mol. The molecule has 0 amide bonds. The SMILES string of the molecule is COC(=O)C(C)(S)CS. The zero-order chi connectivity index (χ0) is 7.49. The lowest BCUT2D eigenvalue weighted by Gasteiger charge is -2.16. The van der Waals surface area contributed by atoms with E-state index in [1.54, 1.807) is 6.92 Å². The van der Waals surface area contributed by atoms with Gasteiger partial charge in [-0.1, -0.05) is 0 Å². The van der Waals surface area contributed by atoms with Gasteiger partial charge in [-0.15, -0.1) is 0 Å². The van der Waals surface area contributed by atoms with Gasteiger partial charge in [-0.05, 0) is 6.92 Å². The molecule has 0 aliphatic heterocycles. The summed E-state index contributed by atoms with van der Waals surface area (Å²) in [5.41, 5.74) is 0. The molecule has 0 rings (SSSR count). The number of hydrogen-bond donors (Lipinski definition) is 2. The van der Waals surface area contributed by atoms with Crippen molar-refractivity contribution in [3.8, 4) is 0 Å². The Labute approximate surface area is 65.8 Å². The topological polar surface area (TPSA) is 26.3 Å². The number of carbonyl (C=O) groups is 1. The molecule has 9 heavy (non-hydrogen) atoms. The van der Waals surface area contributed by atoms with Gasteiger partial charge in [0.1, 0.15) is 4.75 Å². The largest absolute Gasteiger partial charge is 0.468 e. The van der Waals surface area contributed by atoms with Crippen LogP contribution < -0.4 is 0 Å². The number of ether oxygens (including phenoxy) is 1. The second kappa shape index (κ2) is 3.37. The molecule has 0 fully saturated rings. The molecule has 0 aromatic carbocycles. The van der Waals surface area contributed by atoms with Crippen LogP contribution in [0.4, 0.5) is 0 Å². The van der Waals surface area contributed by atoms with Crippen LogP contribution in [0.1, 0.15) is 6.92 Å². The highest BCUT2D eigenvalue weighted by molar-refractivity contribution is 7.86. The summed E-state index contributed by atoms with van der Waals surface area (Å²) in [5.74, 6) is 0.0313. The van der Waals surface area contributed by atoms with Crippen molar-refractivity contribution in [2.24, 2.45) is 0 Å². The van der Waals surface area contributed by atoms with Gasteiger partial charge in [-0.3, -0.25) is 4.79 Å². The maximum atomic E-state index is 10.7. The van der Waals surface area contributed by atoms with E-state index in [0.29, 0.717) is 5.75 Å². The van der Waals surface area contributed by atoms with Gasteiger partial charge >= 0.3 is 5.97 Å². The normalized spacial score (nSPS) is 16.4. The van der Waals surface area contributed by atoms with Gasteiger partial charge in [0.15, 0.2) is 0 Å². The molecule has 0 heterocycles. The molecule has 0 saturated heterocycles. The average Bonchev–Trinajstić information content (AvgIpc) is 1.86. The van der Waals surface area contributed by atoms with Gasteiger partial charge in [0.2, 0.25) is 0 Å². The molecule has 0 aromatic heterocycles. The fraction of sp³-hybridized carbons (Fsp3) is 0.800. The Kier molecular flexibility index (Phi) is 3.43. The number of carbonyl (C=O) groups excluding carboxylic acids is 1. The summed E-state index contributed by atoms with van der Waals surface area (Å²) >= 11 is 7.93. The molecule has 4 heteroatoms. The van der Waals surface area contributed by atoms with Crippen molar-refractivity contribution in [1.82, 2.24) is 0 Å². The molecule has 0 N–H and O–H groups in total. The van der Waals surface area contributed by atoms with E-state index in [2.05, 4.69) is 30.0 Å². The Bertz CT molecular complexity index is 112. The maximum absolute atomic E-state index is 10.7. The molecule has 0 radical (unpaired) electrons. The predicted molar refractivity (Wildman–Crippen MR) is 43.3 cm³/mol. The van der Waals surface area contributed by atoms with Crippen LogP contribution in [0.15, 0.2) is 0 Å². The minimum atomic E-state index is -0.752. The summed E-state index contributed by atoms with van der Waals surface area (Å²) in [6.45, 7) is 1.66. The molecule has 0 aliphatic rings. The standard InChI is InChI=1S/C5H10O2S2/c1-5(9,3-8)4(6)7-2/h8-9H,3H2,1-2H3. The lowest BCUT2D eigenvalue weighted by Crippen LogP contribution is -2.32. The van der Waals surface area contributed by atoms with Gasteiger partial charge in [0.05, 0.1) is 7.11 Å². The van der Waals surface area contributed by atoms with Crippen molar-refractivity contribution in [3.63, 3.8) is 0 Å². The summed E-state index contributed by atoms with van der Waals surface area (Å²) < 4.78 is 3.69. The van der Waals surface area contributed by atoms with Crippen LogP contribution in [0.5, 0.6) is 0 Å². The van der Waals surface area contributed by atoms with Gasteiger partial charge < -0.3 is 4.74 Å². The smallest absolute Gasteiger partial charge is 0.322 e. The lowest BCUT2D eigenvalue weighted by molar-refractivity contribution is -0.142. The highest BCUT2D eigenvalue weighted by Gasteiger charge is 2.27. The summed E-state index contributed by atoms with van der Waals surface area (Å²) in [6, 6.07) is 0. The number of methoxy groups -OCH3 is 1. The number of thiol groups is 2. The number of hydrogen-bond acceptors (Lipinski definition) is 4. The third kappa shape index (κ3) is 2.49. The van der Waals surface area contributed by atoms with Crippen molar-refractivity contribution in [2.45, 2.75) is 11.7 Å². The second-order valence-electron chi connectivity index (χ2n) is 1.92. The lowest BCUT2D eigenvalue weighted by atomic mass is 10.2. The minimum Gasteiger partial charge on any atom is -0.468 e. The molecule has 0 aliphatic carbocycles. The fourth-order valence-corrected chi connectivity index (χ4v) is 0.505. The van der Waals surface area contributed by atoms with E-state index in [1.165, 1.54) is 7.11 Å². The molecule has 0 aromatic rings. The van der Waals surface area contributed by atoms with Crippen LogP contribution >= 0.6 is 25.3 Å². The van der Waals surface area contributed by atoms with Crippen LogP contribution in [-0.2, 0) is 9.53 Å². The zero-order valence-corrected chi connectivity index (χ0v) is 7.21. The van der Waals surface area contributed by atoms with E-state index in [1.807, 2.05) is 0 Å². The first-order chi connectivity index (χ1) is 4.04. The summed E-state index contributed by atoms with van der Waals surface area (Å²) in [7, 11) is 1.33. The molecule has 0 spiro atoms. The fourth-order valence-electron chi connectivity index (χ4n) is 0.284. The first-order valence-electron chi connectivity index (χ1n) is 2.46. The van der Waals surface area contributed by atoms with Gasteiger partial charge in [-0.2, -0.15) is 25.3 Å². The monoisotopic (exact) mass is 166 g/mol. The maximum Gasteiger partial charge on any atom is 0.322 e. The molecule has 2 nitrogen and oxygen atoms in total. The second-order valence-corrected chi connectivity index (χ2v) is 3.23. The van der Waals surface area contributed by atoms with E-state index in [-0.39, 0.29) is 5.97 Å². The van der Waals surface area contributed by atoms with E-state index in [0.717, 1.165) is 0 Å². The van der Waals surface area contributed by atoms with E-state index in [9.17, 15) is 4.79 Å². The van der Waals surface area contributed by atoms with Gasteiger partial charge in [-0.25, -0.2) is 0 Å². The van der Waals surface area contributed by atoms with Crippen molar-refractivity contribution in [3.05, 3.63) is 0 Å². The van der Waals surface area contributed by atoms with Crippen LogP contribution in [0.25, 0.3) is 0 Å². The van der Waals surface area contributed by atoms with E-state index in [4.69, 9.17) is 0 Å². The van der Waals surface area contributed by atoms with Crippen molar-refractivity contribution >= 4 is 31.2 Å². The molecule has 1 atom stereocenters. The molecule has 0 bridgehead atoms. The molecular formula is C5H10O2S2. The Morgan fingerprint density at radius 3 is 2.33 bits per heavy atom.